The van der Waals surface area contributed by atoms with Crippen molar-refractivity contribution in [2.45, 2.75) is 6.42 Å². The molecule has 130 valence electrons. The fourth-order valence-corrected chi connectivity index (χ4v) is 3.42. The maximum absolute atomic E-state index is 12.5. The number of nitrogens with one attached hydrogen (secondary N) is 1. The Morgan fingerprint density at radius 1 is 1.00 bits per heavy atom. The molecule has 0 radical (unpaired) electrons. The summed E-state index contributed by atoms with van der Waals surface area (Å²) in [6.07, 6.45) is 2.01. The number of para-hydroxylation sites is 1. The standard InChI is InChI=1S/C20H16N2O4/c23-18-15-6-1-2-7-16(15)19(24)22(18)11-13(20(25)26)9-12-10-21-17-8-4-3-5-14(12)17/h1-8,10,13,21H,9,11H2,(H,25,26)/t13-/m1/s1. The van der Waals surface area contributed by atoms with Gasteiger partial charge in [0.2, 0.25) is 0 Å². The number of aromatic nitrogens is 1. The molecular formula is C20H16N2O4. The smallest absolute Gasteiger partial charge is 0.308 e. The molecule has 0 spiro atoms. The van der Waals surface area contributed by atoms with E-state index in [0.717, 1.165) is 21.4 Å². The number of aliphatic carboxylic acids is 1. The fraction of sp³-hybridized carbons (Fsp3) is 0.150. The van der Waals surface area contributed by atoms with Crippen LogP contribution in [0.5, 0.6) is 0 Å². The number of aromatic amines is 1. The number of amides is 2. The largest absolute Gasteiger partial charge is 0.481 e. The number of H-pyrrole nitrogens is 1. The quantitative estimate of drug-likeness (QED) is 0.694. The van der Waals surface area contributed by atoms with Crippen LogP contribution in [0.25, 0.3) is 10.9 Å². The van der Waals surface area contributed by atoms with Crippen LogP contribution in [0.15, 0.2) is 54.7 Å². The summed E-state index contributed by atoms with van der Waals surface area (Å²) in [5, 5.41) is 10.6. The van der Waals surface area contributed by atoms with Crippen LogP contribution in [0.3, 0.4) is 0 Å². The van der Waals surface area contributed by atoms with Crippen molar-refractivity contribution in [2.75, 3.05) is 6.54 Å². The second-order valence-electron chi connectivity index (χ2n) is 6.37. The van der Waals surface area contributed by atoms with Crippen LogP contribution >= 0.6 is 0 Å². The number of nitrogens with zero attached hydrogens (tertiary/aromatic N) is 1. The Kier molecular flexibility index (Phi) is 3.80. The van der Waals surface area contributed by atoms with E-state index in [0.29, 0.717) is 11.1 Å². The molecule has 1 aliphatic rings. The number of imide groups is 1. The van der Waals surface area contributed by atoms with Gasteiger partial charge in [-0.1, -0.05) is 30.3 Å². The monoisotopic (exact) mass is 348 g/mol. The first-order chi connectivity index (χ1) is 12.6. The molecule has 26 heavy (non-hydrogen) atoms. The Bertz CT molecular complexity index is 1000. The number of carbonyl (C=O) groups excluding carboxylic acids is 2. The van der Waals surface area contributed by atoms with Crippen molar-refractivity contribution < 1.29 is 19.5 Å². The van der Waals surface area contributed by atoms with E-state index in [1.807, 2.05) is 24.3 Å². The van der Waals surface area contributed by atoms with Gasteiger partial charge >= 0.3 is 5.97 Å². The summed E-state index contributed by atoms with van der Waals surface area (Å²) in [6.45, 7) is -0.152. The fourth-order valence-electron chi connectivity index (χ4n) is 3.42. The van der Waals surface area contributed by atoms with Crippen molar-refractivity contribution in [3.05, 3.63) is 71.4 Å². The van der Waals surface area contributed by atoms with Crippen molar-refractivity contribution in [1.29, 1.82) is 0 Å². The molecule has 2 amide bonds. The lowest BCUT2D eigenvalue weighted by molar-refractivity contribution is -0.141. The molecule has 2 heterocycles. The van der Waals surface area contributed by atoms with Gasteiger partial charge in [0.05, 0.1) is 17.0 Å². The lowest BCUT2D eigenvalue weighted by Crippen LogP contribution is -2.38. The molecule has 1 atom stereocenters. The van der Waals surface area contributed by atoms with Gasteiger partial charge in [0, 0.05) is 23.6 Å². The molecule has 0 saturated heterocycles. The third-order valence-corrected chi connectivity index (χ3v) is 4.77. The maximum Gasteiger partial charge on any atom is 0.308 e. The number of rotatable bonds is 5. The zero-order chi connectivity index (χ0) is 18.3. The predicted octanol–water partition coefficient (Wildman–Crippen LogP) is 2.71. The van der Waals surface area contributed by atoms with Gasteiger partial charge in [-0.15, -0.1) is 0 Å². The normalized spacial score (nSPS) is 14.7. The zero-order valence-corrected chi connectivity index (χ0v) is 13.8. The lowest BCUT2D eigenvalue weighted by Gasteiger charge is -2.19. The summed E-state index contributed by atoms with van der Waals surface area (Å²) in [5.74, 6) is -2.78. The molecule has 6 heteroatoms. The number of benzene rings is 2. The molecule has 0 saturated carbocycles. The van der Waals surface area contributed by atoms with Crippen LogP contribution in [-0.4, -0.2) is 39.3 Å². The van der Waals surface area contributed by atoms with Gasteiger partial charge in [-0.2, -0.15) is 0 Å². The summed E-state index contributed by atoms with van der Waals surface area (Å²) in [6, 6.07) is 14.2. The summed E-state index contributed by atoms with van der Waals surface area (Å²) >= 11 is 0. The highest BCUT2D eigenvalue weighted by molar-refractivity contribution is 6.21. The van der Waals surface area contributed by atoms with Crippen LogP contribution in [0.1, 0.15) is 26.3 Å². The molecule has 0 aliphatic carbocycles. The second-order valence-corrected chi connectivity index (χ2v) is 6.37. The molecule has 1 aromatic heterocycles. The summed E-state index contributed by atoms with van der Waals surface area (Å²) in [5.41, 5.74) is 2.43. The van der Waals surface area contributed by atoms with Gasteiger partial charge < -0.3 is 10.1 Å². The van der Waals surface area contributed by atoms with Gasteiger partial charge in [0.15, 0.2) is 0 Å². The number of carbonyl (C=O) groups is 3. The first-order valence-electron chi connectivity index (χ1n) is 8.29. The number of hydrogen-bond donors (Lipinski definition) is 2. The minimum absolute atomic E-state index is 0.152. The van der Waals surface area contributed by atoms with Crippen molar-refractivity contribution in [3.8, 4) is 0 Å². The number of fused-ring (bicyclic) bond motifs is 2. The SMILES string of the molecule is O=C(O)[C@H](Cc1c[nH]c2ccccc12)CN1C(=O)c2ccccc2C1=O. The van der Waals surface area contributed by atoms with Gasteiger partial charge in [0.1, 0.15) is 0 Å². The lowest BCUT2D eigenvalue weighted by atomic mass is 9.98. The van der Waals surface area contributed by atoms with E-state index < -0.39 is 23.7 Å². The highest BCUT2D eigenvalue weighted by Gasteiger charge is 2.37. The van der Waals surface area contributed by atoms with Crippen LogP contribution < -0.4 is 0 Å². The summed E-state index contributed by atoms with van der Waals surface area (Å²) in [7, 11) is 0. The van der Waals surface area contributed by atoms with Gasteiger partial charge in [-0.3, -0.25) is 19.3 Å². The van der Waals surface area contributed by atoms with Crippen LogP contribution in [0.4, 0.5) is 0 Å². The average molecular weight is 348 g/mol. The summed E-state index contributed by atoms with van der Waals surface area (Å²) in [4.78, 5) is 40.9. The number of carboxylic acids is 1. The minimum Gasteiger partial charge on any atom is -0.481 e. The van der Waals surface area contributed by atoms with E-state index in [-0.39, 0.29) is 13.0 Å². The highest BCUT2D eigenvalue weighted by atomic mass is 16.4. The van der Waals surface area contributed by atoms with Crippen molar-refractivity contribution in [3.63, 3.8) is 0 Å². The topological polar surface area (TPSA) is 90.5 Å². The van der Waals surface area contributed by atoms with Gasteiger partial charge in [-0.05, 0) is 30.2 Å². The van der Waals surface area contributed by atoms with Crippen LogP contribution in [0, 0.1) is 5.92 Å². The van der Waals surface area contributed by atoms with Crippen molar-refractivity contribution in [1.82, 2.24) is 9.88 Å². The Balaban J connectivity index is 1.60. The van der Waals surface area contributed by atoms with Gasteiger partial charge in [-0.25, -0.2) is 0 Å². The van der Waals surface area contributed by atoms with Gasteiger partial charge in [0.25, 0.3) is 11.8 Å². The first kappa shape index (κ1) is 16.1. The van der Waals surface area contributed by atoms with E-state index in [9.17, 15) is 19.5 Å². The minimum atomic E-state index is -1.04. The van der Waals surface area contributed by atoms with Crippen LogP contribution in [0.2, 0.25) is 0 Å². The van der Waals surface area contributed by atoms with E-state index in [2.05, 4.69) is 4.98 Å². The van der Waals surface area contributed by atoms with E-state index in [1.165, 1.54) is 0 Å². The van der Waals surface area contributed by atoms with Crippen molar-refractivity contribution >= 4 is 28.7 Å². The first-order valence-corrected chi connectivity index (χ1v) is 8.29. The summed E-state index contributed by atoms with van der Waals surface area (Å²) < 4.78 is 0. The third-order valence-electron chi connectivity index (χ3n) is 4.77. The second kappa shape index (κ2) is 6.15. The highest BCUT2D eigenvalue weighted by Crippen LogP contribution is 2.26. The Hall–Kier alpha value is -3.41. The van der Waals surface area contributed by atoms with Crippen molar-refractivity contribution in [2.24, 2.45) is 5.92 Å². The molecule has 0 unspecified atom stereocenters. The molecule has 0 fully saturated rings. The molecular weight excluding hydrogens is 332 g/mol. The average Bonchev–Trinajstić information content (AvgIpc) is 3.16. The maximum atomic E-state index is 12.5. The molecule has 1 aliphatic heterocycles. The van der Waals surface area contributed by atoms with Crippen LogP contribution in [-0.2, 0) is 11.2 Å². The Morgan fingerprint density at radius 3 is 2.27 bits per heavy atom. The van der Waals surface area contributed by atoms with E-state index in [1.54, 1.807) is 30.5 Å². The molecule has 3 aromatic rings. The number of hydrogen-bond acceptors (Lipinski definition) is 3. The third kappa shape index (κ3) is 2.56. The molecule has 6 nitrogen and oxygen atoms in total. The van der Waals surface area contributed by atoms with E-state index >= 15 is 0 Å². The predicted molar refractivity (Wildman–Crippen MR) is 94.9 cm³/mol. The van der Waals surface area contributed by atoms with E-state index in [4.69, 9.17) is 0 Å². The number of carboxylic acid groups (broad SMARTS) is 1. The molecule has 0 bridgehead atoms. The Labute approximate surface area is 149 Å². The molecule has 4 rings (SSSR count). The molecule has 2 N–H and O–H groups in total. The zero-order valence-electron chi connectivity index (χ0n) is 13.8. The Morgan fingerprint density at radius 2 is 1.62 bits per heavy atom. The molecule has 2 aromatic carbocycles.